The van der Waals surface area contributed by atoms with Gasteiger partial charge in [-0.15, -0.1) is 0 Å². The Balaban J connectivity index is 2.46. The van der Waals surface area contributed by atoms with Gasteiger partial charge < -0.3 is 20.1 Å². The molecule has 0 aliphatic heterocycles. The van der Waals surface area contributed by atoms with Crippen molar-refractivity contribution in [1.29, 1.82) is 0 Å². The molecule has 0 saturated heterocycles. The summed E-state index contributed by atoms with van der Waals surface area (Å²) in [4.78, 5) is 25.0. The molecule has 0 atom stereocenters. The number of carbonyl (C=O) groups is 2. The van der Waals surface area contributed by atoms with E-state index in [1.807, 2.05) is 0 Å². The quantitative estimate of drug-likeness (QED) is 0.451. The third-order valence-electron chi connectivity index (χ3n) is 3.34. The van der Waals surface area contributed by atoms with Gasteiger partial charge in [-0.2, -0.15) is 0 Å². The summed E-state index contributed by atoms with van der Waals surface area (Å²) in [5.74, 6) is -1.74. The summed E-state index contributed by atoms with van der Waals surface area (Å²) in [6, 6.07) is 12.9. The second-order valence-corrected chi connectivity index (χ2v) is 5.87. The number of rotatable bonds is 6. The third kappa shape index (κ3) is 4.35. The van der Waals surface area contributed by atoms with Gasteiger partial charge in [-0.1, -0.05) is 23.2 Å². The van der Waals surface area contributed by atoms with Crippen molar-refractivity contribution in [2.45, 2.75) is 5.66 Å². The predicted molar refractivity (Wildman–Crippen MR) is 96.9 cm³/mol. The number of nitrogens with one attached hydrogen (secondary N) is 2. The molecule has 0 heterocycles. The van der Waals surface area contributed by atoms with Crippen LogP contribution in [-0.4, -0.2) is 31.8 Å². The smallest absolute Gasteiger partial charge is 0.364 e. The molecule has 2 N–H and O–H groups in total. The topological polar surface area (TPSA) is 76.7 Å². The molecular weight excluding hydrogens is 367 g/mol. The highest BCUT2D eigenvalue weighted by Gasteiger charge is 2.49. The molecule has 0 spiro atoms. The van der Waals surface area contributed by atoms with E-state index in [0.29, 0.717) is 21.4 Å². The van der Waals surface area contributed by atoms with Crippen molar-refractivity contribution in [3.63, 3.8) is 0 Å². The van der Waals surface area contributed by atoms with E-state index in [1.165, 1.54) is 14.2 Å². The monoisotopic (exact) mass is 382 g/mol. The molecule has 0 saturated carbocycles. The number of carbonyl (C=O) groups excluding carboxylic acids is 2. The second-order valence-electron chi connectivity index (χ2n) is 5.00. The summed E-state index contributed by atoms with van der Waals surface area (Å²) < 4.78 is 9.63. The summed E-state index contributed by atoms with van der Waals surface area (Å²) in [7, 11) is 2.35. The molecular formula is C17H16Cl2N2O4. The molecule has 0 amide bonds. The highest BCUT2D eigenvalue weighted by molar-refractivity contribution is 6.31. The van der Waals surface area contributed by atoms with E-state index < -0.39 is 17.6 Å². The van der Waals surface area contributed by atoms with Crippen LogP contribution in [0.1, 0.15) is 0 Å². The van der Waals surface area contributed by atoms with Crippen molar-refractivity contribution < 1.29 is 19.1 Å². The number of hydrogen-bond acceptors (Lipinski definition) is 6. The molecule has 0 aliphatic carbocycles. The van der Waals surface area contributed by atoms with Crippen molar-refractivity contribution in [3.05, 3.63) is 58.6 Å². The Morgan fingerprint density at radius 3 is 1.36 bits per heavy atom. The number of halogens is 2. The fourth-order valence-electron chi connectivity index (χ4n) is 2.12. The Hall–Kier alpha value is -2.44. The molecule has 0 fully saturated rings. The second kappa shape index (κ2) is 8.09. The van der Waals surface area contributed by atoms with Crippen molar-refractivity contribution in [2.75, 3.05) is 24.9 Å². The lowest BCUT2D eigenvalue weighted by Crippen LogP contribution is -2.60. The Labute approximate surface area is 155 Å². The van der Waals surface area contributed by atoms with E-state index in [0.717, 1.165) is 0 Å². The van der Waals surface area contributed by atoms with Crippen molar-refractivity contribution >= 4 is 46.5 Å². The highest BCUT2D eigenvalue weighted by atomic mass is 35.5. The van der Waals surface area contributed by atoms with E-state index in [1.54, 1.807) is 48.5 Å². The minimum absolute atomic E-state index is 0.460. The number of benzene rings is 2. The third-order valence-corrected chi connectivity index (χ3v) is 3.84. The van der Waals surface area contributed by atoms with Crippen molar-refractivity contribution in [3.8, 4) is 0 Å². The highest BCUT2D eigenvalue weighted by Crippen LogP contribution is 2.24. The van der Waals surface area contributed by atoms with Gasteiger partial charge in [0.05, 0.1) is 14.2 Å². The normalized spacial score (nSPS) is 10.7. The van der Waals surface area contributed by atoms with E-state index in [4.69, 9.17) is 32.7 Å². The van der Waals surface area contributed by atoms with Crippen LogP contribution in [-0.2, 0) is 19.1 Å². The predicted octanol–water partition coefficient (Wildman–Crippen LogP) is 3.56. The van der Waals surface area contributed by atoms with Crippen LogP contribution in [0, 0.1) is 0 Å². The lowest BCUT2D eigenvalue weighted by molar-refractivity contribution is -0.158. The van der Waals surface area contributed by atoms with Gasteiger partial charge in [0, 0.05) is 21.4 Å². The maximum Gasteiger partial charge on any atom is 0.364 e. The standard InChI is InChI=1S/C17H16Cl2N2O4/c1-24-15(22)17(16(23)25-2,20-13-7-3-11(18)4-8-13)21-14-9-5-12(19)6-10-14/h3-10,20-21H,1-2H3. The minimum Gasteiger partial charge on any atom is -0.465 e. The molecule has 25 heavy (non-hydrogen) atoms. The van der Waals surface area contributed by atoms with Gasteiger partial charge in [-0.3, -0.25) is 0 Å². The average Bonchev–Trinajstić information content (AvgIpc) is 2.63. The van der Waals surface area contributed by atoms with E-state index in [-0.39, 0.29) is 0 Å². The Bertz CT molecular complexity index is 683. The number of esters is 2. The van der Waals surface area contributed by atoms with E-state index in [9.17, 15) is 9.59 Å². The zero-order valence-corrected chi connectivity index (χ0v) is 15.0. The molecule has 0 bridgehead atoms. The van der Waals surface area contributed by atoms with Crippen LogP contribution in [0.4, 0.5) is 11.4 Å². The van der Waals surface area contributed by atoms with Gasteiger partial charge in [-0.25, -0.2) is 9.59 Å². The zero-order valence-electron chi connectivity index (χ0n) is 13.5. The van der Waals surface area contributed by atoms with Crippen LogP contribution in [0.15, 0.2) is 48.5 Å². The van der Waals surface area contributed by atoms with Crippen LogP contribution in [0.25, 0.3) is 0 Å². The van der Waals surface area contributed by atoms with Gasteiger partial charge in [0.25, 0.3) is 0 Å². The first-order valence-electron chi connectivity index (χ1n) is 7.15. The molecule has 2 aromatic rings. The number of ether oxygens (including phenoxy) is 2. The largest absolute Gasteiger partial charge is 0.465 e. The molecule has 0 aliphatic rings. The first kappa shape index (κ1) is 18.9. The van der Waals surface area contributed by atoms with Gasteiger partial charge in [0.2, 0.25) is 0 Å². The number of methoxy groups -OCH3 is 2. The van der Waals surface area contributed by atoms with Crippen LogP contribution in [0.5, 0.6) is 0 Å². The Morgan fingerprint density at radius 2 is 1.08 bits per heavy atom. The summed E-state index contributed by atoms with van der Waals surface area (Å²) >= 11 is 11.7. The fourth-order valence-corrected chi connectivity index (χ4v) is 2.38. The van der Waals surface area contributed by atoms with Crippen LogP contribution in [0.2, 0.25) is 10.0 Å². The maximum absolute atomic E-state index is 12.5. The van der Waals surface area contributed by atoms with E-state index in [2.05, 4.69) is 10.6 Å². The van der Waals surface area contributed by atoms with Gasteiger partial charge in [-0.05, 0) is 48.5 Å². The SMILES string of the molecule is COC(=O)C(Nc1ccc(Cl)cc1)(Nc1ccc(Cl)cc1)C(=O)OC. The van der Waals surface area contributed by atoms with E-state index >= 15 is 0 Å². The van der Waals surface area contributed by atoms with Crippen molar-refractivity contribution in [1.82, 2.24) is 0 Å². The summed E-state index contributed by atoms with van der Waals surface area (Å²) in [6.07, 6.45) is 0. The lowest BCUT2D eigenvalue weighted by atomic mass is 10.1. The Kier molecular flexibility index (Phi) is 6.12. The first-order valence-corrected chi connectivity index (χ1v) is 7.91. The Morgan fingerprint density at radius 1 is 0.760 bits per heavy atom. The molecule has 0 radical (unpaired) electrons. The number of anilines is 2. The van der Waals surface area contributed by atoms with Gasteiger partial charge in [0.15, 0.2) is 0 Å². The molecule has 0 aromatic heterocycles. The molecule has 2 rings (SSSR count). The molecule has 2 aromatic carbocycles. The first-order chi connectivity index (χ1) is 11.9. The molecule has 0 unspecified atom stereocenters. The molecule has 6 nitrogen and oxygen atoms in total. The molecule has 132 valence electrons. The summed E-state index contributed by atoms with van der Waals surface area (Å²) in [5.41, 5.74) is -1.08. The van der Waals surface area contributed by atoms with Gasteiger partial charge >= 0.3 is 17.6 Å². The zero-order chi connectivity index (χ0) is 18.4. The minimum atomic E-state index is -1.99. The lowest BCUT2D eigenvalue weighted by Gasteiger charge is -2.31. The van der Waals surface area contributed by atoms with Crippen molar-refractivity contribution in [2.24, 2.45) is 0 Å². The van der Waals surface area contributed by atoms with Crippen LogP contribution >= 0.6 is 23.2 Å². The van der Waals surface area contributed by atoms with Gasteiger partial charge in [0.1, 0.15) is 0 Å². The van der Waals surface area contributed by atoms with Crippen LogP contribution < -0.4 is 10.6 Å². The summed E-state index contributed by atoms with van der Waals surface area (Å²) in [5, 5.41) is 6.69. The fraction of sp³-hybridized carbons (Fsp3) is 0.176. The molecule has 8 heteroatoms. The van der Waals surface area contributed by atoms with Crippen LogP contribution in [0.3, 0.4) is 0 Å². The average molecular weight is 383 g/mol. The number of hydrogen-bond donors (Lipinski definition) is 2. The summed E-state index contributed by atoms with van der Waals surface area (Å²) in [6.45, 7) is 0. The maximum atomic E-state index is 12.5.